The third-order valence-corrected chi connectivity index (χ3v) is 3.31. The maximum atomic E-state index is 10.8. The van der Waals surface area contributed by atoms with Crippen molar-refractivity contribution in [1.29, 1.82) is 0 Å². The molecular weight excluding hydrogens is 253 g/mol. The van der Waals surface area contributed by atoms with E-state index in [1.165, 1.54) is 19.2 Å². The number of nitro groups is 1. The van der Waals surface area contributed by atoms with Crippen molar-refractivity contribution in [2.75, 3.05) is 7.11 Å². The van der Waals surface area contributed by atoms with E-state index in [-0.39, 0.29) is 15.8 Å². The average molecular weight is 261 g/mol. The number of methoxy groups -OCH3 is 1. The van der Waals surface area contributed by atoms with Gasteiger partial charge in [0.15, 0.2) is 0 Å². The molecule has 0 spiro atoms. The van der Waals surface area contributed by atoms with Gasteiger partial charge in [0.25, 0.3) is 0 Å². The number of benzene rings is 1. The Labute approximate surface area is 84.1 Å². The van der Waals surface area contributed by atoms with Crippen LogP contribution in [0.25, 0.3) is 0 Å². The Bertz CT molecular complexity index is 392. The van der Waals surface area contributed by atoms with Gasteiger partial charge < -0.3 is 0 Å². The summed E-state index contributed by atoms with van der Waals surface area (Å²) in [7, 11) is 1.30. The Balaban J connectivity index is 3.27. The maximum absolute atomic E-state index is 10.8. The number of ether oxygens (including phenoxy) is 1. The molecule has 0 bridgehead atoms. The molecule has 1 rings (SSSR count). The molecule has 1 aromatic carbocycles. The topological polar surface area (TPSA) is 89.7 Å². The number of nitro benzene ring substituents is 1. The normalized spacial score (nSPS) is 12.1. The van der Waals surface area contributed by atoms with E-state index in [4.69, 9.17) is 8.83 Å². The molecular formula is C7H8AsNO5. The molecule has 0 aromatic heterocycles. The quantitative estimate of drug-likeness (QED) is 0.448. The molecule has 14 heavy (non-hydrogen) atoms. The molecule has 0 saturated heterocycles. The third-order valence-electron chi connectivity index (χ3n) is 1.62. The van der Waals surface area contributed by atoms with E-state index in [2.05, 4.69) is 0 Å². The number of rotatable bonds is 3. The number of nitrogens with zero attached hydrogens (tertiary/aromatic N) is 1. The summed E-state index contributed by atoms with van der Waals surface area (Å²) in [6.45, 7) is 0. The predicted octanol–water partition coefficient (Wildman–Crippen LogP) is -0.546. The van der Waals surface area contributed by atoms with E-state index >= 15 is 0 Å². The molecule has 0 aliphatic rings. The van der Waals surface area contributed by atoms with Crippen molar-refractivity contribution in [3.8, 4) is 5.75 Å². The first-order valence-electron chi connectivity index (χ1n) is 3.62. The first-order chi connectivity index (χ1) is 6.56. The van der Waals surface area contributed by atoms with Crippen LogP contribution in [0.5, 0.6) is 5.75 Å². The van der Waals surface area contributed by atoms with Gasteiger partial charge in [0.2, 0.25) is 0 Å². The molecule has 0 aliphatic carbocycles. The molecule has 1 aromatic rings. The van der Waals surface area contributed by atoms with Crippen molar-refractivity contribution in [2.24, 2.45) is 0 Å². The number of hydrogen-bond acceptors (Lipinski definition) is 4. The van der Waals surface area contributed by atoms with Crippen molar-refractivity contribution < 1.29 is 17.5 Å². The fraction of sp³-hybridized carbons (Fsp3) is 0.143. The van der Waals surface area contributed by atoms with Crippen LogP contribution in [0.2, 0.25) is 0 Å². The second-order valence-corrected chi connectivity index (χ2v) is 4.94. The van der Waals surface area contributed by atoms with E-state index in [0.29, 0.717) is 0 Å². The Hall–Kier alpha value is -1.26. The molecule has 0 amide bonds. The Morgan fingerprint density at radius 2 is 2.21 bits per heavy atom. The van der Waals surface area contributed by atoms with Crippen molar-refractivity contribution >= 4 is 25.0 Å². The zero-order valence-corrected chi connectivity index (χ0v) is 9.36. The summed E-state index contributed by atoms with van der Waals surface area (Å²) in [5.41, 5.74) is -0.292. The van der Waals surface area contributed by atoms with Crippen LogP contribution in [0.15, 0.2) is 18.2 Å². The van der Waals surface area contributed by atoms with Crippen molar-refractivity contribution in [2.45, 2.75) is 0 Å². The van der Waals surface area contributed by atoms with Gasteiger partial charge in [-0.3, -0.25) is 0 Å². The molecule has 0 fully saturated rings. The van der Waals surface area contributed by atoms with Crippen molar-refractivity contribution in [3.05, 3.63) is 28.3 Å². The van der Waals surface area contributed by atoms with Crippen LogP contribution in [-0.2, 0) is 3.74 Å². The monoisotopic (exact) mass is 261 g/mol. The van der Waals surface area contributed by atoms with Crippen LogP contribution in [0.4, 0.5) is 5.69 Å². The molecule has 0 aliphatic heterocycles. The predicted molar refractivity (Wildman–Crippen MR) is 49.3 cm³/mol. The molecule has 6 nitrogen and oxygen atoms in total. The first-order valence-corrected chi connectivity index (χ1v) is 6.46. The summed E-state index contributed by atoms with van der Waals surface area (Å²) in [4.78, 5) is 9.87. The van der Waals surface area contributed by atoms with E-state index in [1.807, 2.05) is 0 Å². The fourth-order valence-electron chi connectivity index (χ4n) is 0.966. The average Bonchev–Trinajstić information content (AvgIpc) is 2.16. The van der Waals surface area contributed by atoms with E-state index in [0.717, 1.165) is 6.07 Å². The van der Waals surface area contributed by atoms with Crippen molar-refractivity contribution in [3.63, 3.8) is 0 Å². The summed E-state index contributed by atoms with van der Waals surface area (Å²) >= 11 is -3.49. The third kappa shape index (κ3) is 2.16. The van der Waals surface area contributed by atoms with Crippen LogP contribution in [0.1, 0.15) is 0 Å². The van der Waals surface area contributed by atoms with Gasteiger partial charge in [-0.2, -0.15) is 0 Å². The van der Waals surface area contributed by atoms with Crippen molar-refractivity contribution in [1.82, 2.24) is 0 Å². The summed E-state index contributed by atoms with van der Waals surface area (Å²) in [6.07, 6.45) is 0. The molecule has 0 heterocycles. The fourth-order valence-corrected chi connectivity index (χ4v) is 1.99. The summed E-state index contributed by atoms with van der Waals surface area (Å²) in [5.74, 6) is 0.0817. The van der Waals surface area contributed by atoms with E-state index < -0.39 is 19.9 Å². The second kappa shape index (κ2) is 4.30. The summed E-state index contributed by atoms with van der Waals surface area (Å²) in [5, 5.41) is 10.5. The van der Waals surface area contributed by atoms with Gasteiger partial charge in [-0.05, 0) is 0 Å². The van der Waals surface area contributed by atoms with Crippen LogP contribution < -0.4 is 9.09 Å². The van der Waals surface area contributed by atoms with E-state index in [9.17, 15) is 13.9 Å². The Morgan fingerprint density at radius 3 is 2.64 bits per heavy atom. The molecule has 1 atom stereocenters. The molecule has 1 unspecified atom stereocenters. The Kier molecular flexibility index (Phi) is 3.32. The van der Waals surface area contributed by atoms with Gasteiger partial charge in [0.05, 0.1) is 0 Å². The molecule has 1 N–H and O–H groups in total. The SMILES string of the molecule is COc1ccc([AsH](=O)O)cc1[N+](=O)[O-]. The second-order valence-electron chi connectivity index (χ2n) is 2.45. The van der Waals surface area contributed by atoms with Gasteiger partial charge in [-0.1, -0.05) is 0 Å². The van der Waals surface area contributed by atoms with Gasteiger partial charge >= 0.3 is 83.6 Å². The van der Waals surface area contributed by atoms with E-state index in [1.54, 1.807) is 0 Å². The first kappa shape index (κ1) is 10.8. The van der Waals surface area contributed by atoms with Crippen LogP contribution >= 0.6 is 0 Å². The zero-order valence-electron chi connectivity index (χ0n) is 7.26. The molecule has 0 radical (unpaired) electrons. The van der Waals surface area contributed by atoms with Gasteiger partial charge in [0.1, 0.15) is 0 Å². The molecule has 7 heteroatoms. The summed E-state index contributed by atoms with van der Waals surface area (Å²) in [6, 6.07) is 3.74. The van der Waals surface area contributed by atoms with Crippen LogP contribution in [0, 0.1) is 10.1 Å². The molecule has 76 valence electrons. The molecule has 0 saturated carbocycles. The van der Waals surface area contributed by atoms with Gasteiger partial charge in [0, 0.05) is 0 Å². The summed E-state index contributed by atoms with van der Waals surface area (Å²) < 4.78 is 24.4. The zero-order chi connectivity index (χ0) is 10.7. The minimum atomic E-state index is -3.49. The van der Waals surface area contributed by atoms with Crippen LogP contribution in [-0.4, -0.2) is 31.1 Å². The standard InChI is InChI=1S/C7H8AsNO5/c1-14-7-3-2-5(8(10)11)4-6(7)9(12)13/h2-4,8H,1H3,(H,10,11). The minimum absolute atomic E-state index is 0.0817. The van der Waals surface area contributed by atoms with Gasteiger partial charge in [-0.25, -0.2) is 0 Å². The van der Waals surface area contributed by atoms with Crippen LogP contribution in [0.3, 0.4) is 0 Å². The number of hydrogen-bond donors (Lipinski definition) is 1. The Morgan fingerprint density at radius 1 is 1.57 bits per heavy atom. The van der Waals surface area contributed by atoms with Gasteiger partial charge in [-0.15, -0.1) is 0 Å².